The fourth-order valence-electron chi connectivity index (χ4n) is 2.69. The van der Waals surface area contributed by atoms with Gasteiger partial charge in [0.25, 0.3) is 0 Å². The van der Waals surface area contributed by atoms with Gasteiger partial charge in [0, 0.05) is 6.54 Å². The van der Waals surface area contributed by atoms with Crippen molar-refractivity contribution in [2.24, 2.45) is 17.1 Å². The van der Waals surface area contributed by atoms with Crippen molar-refractivity contribution in [1.29, 1.82) is 0 Å². The summed E-state index contributed by atoms with van der Waals surface area (Å²) in [7, 11) is 3.08. The van der Waals surface area contributed by atoms with Crippen molar-refractivity contribution in [3.05, 3.63) is 29.8 Å². The first-order valence-corrected chi connectivity index (χ1v) is 7.05. The molecule has 1 atom stereocenters. The maximum atomic E-state index is 12.2. The highest BCUT2D eigenvalue weighted by molar-refractivity contribution is 5.77. The van der Waals surface area contributed by atoms with Gasteiger partial charge in [0.1, 0.15) is 5.75 Å². The molecule has 1 saturated carbocycles. The lowest BCUT2D eigenvalue weighted by molar-refractivity contribution is -0.153. The van der Waals surface area contributed by atoms with Crippen LogP contribution in [0.2, 0.25) is 0 Å². The summed E-state index contributed by atoms with van der Waals surface area (Å²) in [5.41, 5.74) is 6.43. The van der Waals surface area contributed by atoms with E-state index in [4.69, 9.17) is 15.2 Å². The SMILES string of the molecule is COC(=O)C(CN)(Cc1ccc(OC)cc1)CC1CC1. The van der Waals surface area contributed by atoms with Gasteiger partial charge in [-0.2, -0.15) is 0 Å². The highest BCUT2D eigenvalue weighted by atomic mass is 16.5. The molecular formula is C16H23NO3. The number of ether oxygens (including phenoxy) is 2. The van der Waals surface area contributed by atoms with Crippen LogP contribution in [0.1, 0.15) is 24.8 Å². The first kappa shape index (κ1) is 14.9. The quantitative estimate of drug-likeness (QED) is 0.776. The van der Waals surface area contributed by atoms with Gasteiger partial charge in [-0.25, -0.2) is 0 Å². The fourth-order valence-corrected chi connectivity index (χ4v) is 2.69. The van der Waals surface area contributed by atoms with Gasteiger partial charge in [-0.05, 0) is 36.5 Å². The van der Waals surface area contributed by atoms with E-state index in [1.54, 1.807) is 7.11 Å². The van der Waals surface area contributed by atoms with Gasteiger partial charge in [-0.3, -0.25) is 4.79 Å². The van der Waals surface area contributed by atoms with E-state index in [1.165, 1.54) is 20.0 Å². The third kappa shape index (κ3) is 3.31. The molecule has 1 aromatic rings. The average Bonchev–Trinajstić information content (AvgIpc) is 3.30. The molecule has 0 aromatic heterocycles. The summed E-state index contributed by atoms with van der Waals surface area (Å²) < 4.78 is 10.2. The van der Waals surface area contributed by atoms with Gasteiger partial charge in [0.15, 0.2) is 0 Å². The van der Waals surface area contributed by atoms with Gasteiger partial charge in [-0.15, -0.1) is 0 Å². The Morgan fingerprint density at radius 1 is 1.30 bits per heavy atom. The smallest absolute Gasteiger partial charge is 0.313 e. The Bertz CT molecular complexity index is 453. The van der Waals surface area contributed by atoms with Crippen molar-refractivity contribution in [2.45, 2.75) is 25.7 Å². The van der Waals surface area contributed by atoms with Crippen LogP contribution in [0.4, 0.5) is 0 Å². The summed E-state index contributed by atoms with van der Waals surface area (Å²) in [5.74, 6) is 1.24. The van der Waals surface area contributed by atoms with Gasteiger partial charge >= 0.3 is 5.97 Å². The van der Waals surface area contributed by atoms with Crippen molar-refractivity contribution in [1.82, 2.24) is 0 Å². The lowest BCUT2D eigenvalue weighted by atomic mass is 9.77. The minimum atomic E-state index is -0.593. The van der Waals surface area contributed by atoms with E-state index in [0.717, 1.165) is 17.7 Å². The third-order valence-corrected chi connectivity index (χ3v) is 4.09. The van der Waals surface area contributed by atoms with E-state index in [1.807, 2.05) is 24.3 Å². The lowest BCUT2D eigenvalue weighted by Gasteiger charge is -2.30. The molecule has 0 saturated heterocycles. The number of hydrogen-bond donors (Lipinski definition) is 1. The second-order valence-corrected chi connectivity index (χ2v) is 5.65. The Balaban J connectivity index is 2.18. The van der Waals surface area contributed by atoms with Gasteiger partial charge in [-0.1, -0.05) is 25.0 Å². The zero-order valence-electron chi connectivity index (χ0n) is 12.2. The lowest BCUT2D eigenvalue weighted by Crippen LogP contribution is -2.42. The molecule has 0 radical (unpaired) electrons. The molecule has 1 fully saturated rings. The molecule has 2 rings (SSSR count). The summed E-state index contributed by atoms with van der Waals surface area (Å²) in [4.78, 5) is 12.2. The Kier molecular flexibility index (Phi) is 4.65. The highest BCUT2D eigenvalue weighted by Crippen LogP contribution is 2.42. The molecule has 0 amide bonds. The monoisotopic (exact) mass is 277 g/mol. The van der Waals surface area contributed by atoms with E-state index >= 15 is 0 Å². The van der Waals surface area contributed by atoms with Crippen molar-refractivity contribution in [3.8, 4) is 5.75 Å². The second-order valence-electron chi connectivity index (χ2n) is 5.65. The molecule has 1 aliphatic rings. The van der Waals surface area contributed by atoms with E-state index in [9.17, 15) is 4.79 Å². The predicted molar refractivity (Wildman–Crippen MR) is 77.5 cm³/mol. The van der Waals surface area contributed by atoms with Gasteiger partial charge in [0.05, 0.1) is 19.6 Å². The van der Waals surface area contributed by atoms with Crippen LogP contribution in [0.5, 0.6) is 5.75 Å². The van der Waals surface area contributed by atoms with Gasteiger partial charge in [0.2, 0.25) is 0 Å². The average molecular weight is 277 g/mol. The number of methoxy groups -OCH3 is 2. The topological polar surface area (TPSA) is 61.5 Å². The summed E-state index contributed by atoms with van der Waals surface area (Å²) in [6.07, 6.45) is 3.83. The van der Waals surface area contributed by atoms with E-state index in [0.29, 0.717) is 18.9 Å². The minimum Gasteiger partial charge on any atom is -0.497 e. The minimum absolute atomic E-state index is 0.192. The molecule has 0 heterocycles. The van der Waals surface area contributed by atoms with Crippen molar-refractivity contribution < 1.29 is 14.3 Å². The second kappa shape index (κ2) is 6.27. The number of carbonyl (C=O) groups is 1. The maximum Gasteiger partial charge on any atom is 0.313 e. The van der Waals surface area contributed by atoms with Crippen molar-refractivity contribution in [3.63, 3.8) is 0 Å². The number of benzene rings is 1. The predicted octanol–water partition coefficient (Wildman–Crippen LogP) is 2.16. The molecule has 0 aliphatic heterocycles. The van der Waals surface area contributed by atoms with Crippen LogP contribution in [0, 0.1) is 11.3 Å². The van der Waals surface area contributed by atoms with Crippen LogP contribution in [-0.2, 0) is 16.0 Å². The first-order chi connectivity index (χ1) is 9.63. The molecule has 20 heavy (non-hydrogen) atoms. The Labute approximate surface area is 120 Å². The maximum absolute atomic E-state index is 12.2. The Morgan fingerprint density at radius 3 is 2.40 bits per heavy atom. The number of rotatable bonds is 7. The van der Waals surface area contributed by atoms with Crippen LogP contribution in [0.3, 0.4) is 0 Å². The molecule has 4 heteroatoms. The van der Waals surface area contributed by atoms with Crippen LogP contribution in [0.15, 0.2) is 24.3 Å². The molecule has 0 bridgehead atoms. The zero-order valence-corrected chi connectivity index (χ0v) is 12.2. The molecule has 110 valence electrons. The molecule has 4 nitrogen and oxygen atoms in total. The summed E-state index contributed by atoms with van der Waals surface area (Å²) in [6, 6.07) is 7.79. The Morgan fingerprint density at radius 2 is 1.95 bits per heavy atom. The molecule has 1 aromatic carbocycles. The van der Waals surface area contributed by atoms with Crippen molar-refractivity contribution in [2.75, 3.05) is 20.8 Å². The van der Waals surface area contributed by atoms with E-state index in [2.05, 4.69) is 0 Å². The third-order valence-electron chi connectivity index (χ3n) is 4.09. The molecule has 2 N–H and O–H groups in total. The summed E-state index contributed by atoms with van der Waals surface area (Å²) >= 11 is 0. The zero-order chi connectivity index (χ0) is 14.6. The van der Waals surface area contributed by atoms with E-state index in [-0.39, 0.29) is 5.97 Å². The van der Waals surface area contributed by atoms with E-state index < -0.39 is 5.41 Å². The Hall–Kier alpha value is -1.55. The number of carbonyl (C=O) groups excluding carboxylic acids is 1. The van der Waals surface area contributed by atoms with Crippen LogP contribution in [-0.4, -0.2) is 26.7 Å². The molecule has 0 spiro atoms. The fraction of sp³-hybridized carbons (Fsp3) is 0.562. The molecule has 1 unspecified atom stereocenters. The summed E-state index contributed by atoms with van der Waals surface area (Å²) in [5, 5.41) is 0. The largest absolute Gasteiger partial charge is 0.497 e. The van der Waals surface area contributed by atoms with Crippen molar-refractivity contribution >= 4 is 5.97 Å². The number of nitrogens with two attached hydrogens (primary N) is 1. The number of esters is 1. The molecule has 1 aliphatic carbocycles. The first-order valence-electron chi connectivity index (χ1n) is 7.05. The van der Waals surface area contributed by atoms with Crippen LogP contribution in [0.25, 0.3) is 0 Å². The van der Waals surface area contributed by atoms with Crippen LogP contribution >= 0.6 is 0 Å². The highest BCUT2D eigenvalue weighted by Gasteiger charge is 2.43. The standard InChI is InChI=1S/C16H23NO3/c1-19-14-7-5-13(6-8-14)10-16(11-17,15(18)20-2)9-12-3-4-12/h5-8,12H,3-4,9-11,17H2,1-2H3. The summed E-state index contributed by atoms with van der Waals surface area (Å²) in [6.45, 7) is 0.322. The molecular weight excluding hydrogens is 254 g/mol. The van der Waals surface area contributed by atoms with Crippen LogP contribution < -0.4 is 10.5 Å². The van der Waals surface area contributed by atoms with Gasteiger partial charge < -0.3 is 15.2 Å². The number of hydrogen-bond acceptors (Lipinski definition) is 4. The normalized spacial score (nSPS) is 17.4.